The van der Waals surface area contributed by atoms with Crippen molar-refractivity contribution in [2.24, 2.45) is 11.8 Å². The molecule has 0 radical (unpaired) electrons. The Labute approximate surface area is 114 Å². The molecule has 0 aliphatic carbocycles. The third kappa shape index (κ3) is 2.94. The Kier molecular flexibility index (Phi) is 3.64. The molecule has 0 bridgehead atoms. The summed E-state index contributed by atoms with van der Waals surface area (Å²) in [6.45, 7) is 10.4. The van der Waals surface area contributed by atoms with E-state index >= 15 is 0 Å². The lowest BCUT2D eigenvalue weighted by molar-refractivity contribution is -0.0781. The quantitative estimate of drug-likeness (QED) is 0.644. The van der Waals surface area contributed by atoms with E-state index in [0.29, 0.717) is 0 Å². The molecule has 2 atom stereocenters. The fraction of sp³-hybridized carbons (Fsp3) is 0.714. The van der Waals surface area contributed by atoms with Crippen LogP contribution < -0.4 is 11.3 Å². The predicted octanol–water partition coefficient (Wildman–Crippen LogP) is 1.88. The molecule has 1 aromatic heterocycles. The van der Waals surface area contributed by atoms with Crippen molar-refractivity contribution in [3.63, 3.8) is 0 Å². The molecular weight excluding hydrogens is 240 g/mol. The Hall–Kier alpha value is -1.04. The van der Waals surface area contributed by atoms with Gasteiger partial charge in [0.15, 0.2) is 0 Å². The van der Waals surface area contributed by atoms with Crippen LogP contribution in [-0.4, -0.2) is 21.2 Å². The summed E-state index contributed by atoms with van der Waals surface area (Å²) in [5, 5.41) is 0. The number of aromatic nitrogens is 2. The first-order chi connectivity index (χ1) is 8.75. The number of ether oxygens (including phenoxy) is 1. The van der Waals surface area contributed by atoms with Crippen LogP contribution in [0.25, 0.3) is 0 Å². The van der Waals surface area contributed by atoms with E-state index < -0.39 is 0 Å². The SMILES string of the molecule is Cc1cnc(C(NN)C2CC(C)(C)OC2(C)C)nc1. The standard InChI is InChI=1S/C14H24N4O/c1-9-7-16-12(17-8-9)11(18-15)10-6-13(2,3)19-14(10,4)5/h7-8,10-11,18H,6,15H2,1-5H3. The number of hydrogen-bond acceptors (Lipinski definition) is 5. The summed E-state index contributed by atoms with van der Waals surface area (Å²) < 4.78 is 6.13. The van der Waals surface area contributed by atoms with Crippen molar-refractivity contribution in [1.29, 1.82) is 0 Å². The lowest BCUT2D eigenvalue weighted by Gasteiger charge is -2.31. The van der Waals surface area contributed by atoms with E-state index in [0.717, 1.165) is 17.8 Å². The average molecular weight is 264 g/mol. The average Bonchev–Trinajstić information content (AvgIpc) is 2.51. The highest BCUT2D eigenvalue weighted by molar-refractivity contribution is 5.09. The van der Waals surface area contributed by atoms with Gasteiger partial charge in [0.05, 0.1) is 17.2 Å². The normalized spacial score (nSPS) is 26.3. The molecule has 2 heterocycles. The molecule has 0 aromatic carbocycles. The summed E-state index contributed by atoms with van der Waals surface area (Å²) in [4.78, 5) is 8.80. The van der Waals surface area contributed by atoms with E-state index in [-0.39, 0.29) is 23.2 Å². The maximum Gasteiger partial charge on any atom is 0.146 e. The van der Waals surface area contributed by atoms with Gasteiger partial charge in [-0.1, -0.05) is 0 Å². The van der Waals surface area contributed by atoms with Gasteiger partial charge in [0.2, 0.25) is 0 Å². The third-order valence-electron chi connectivity index (χ3n) is 3.80. The van der Waals surface area contributed by atoms with Crippen LogP contribution in [0.4, 0.5) is 0 Å². The van der Waals surface area contributed by atoms with Gasteiger partial charge in [-0.2, -0.15) is 0 Å². The monoisotopic (exact) mass is 264 g/mol. The van der Waals surface area contributed by atoms with Crippen LogP contribution in [0.1, 0.15) is 51.5 Å². The number of aryl methyl sites for hydroxylation is 1. The van der Waals surface area contributed by atoms with Gasteiger partial charge in [-0.3, -0.25) is 5.84 Å². The molecule has 5 nitrogen and oxygen atoms in total. The van der Waals surface area contributed by atoms with E-state index in [1.807, 2.05) is 19.3 Å². The molecule has 0 saturated carbocycles. The van der Waals surface area contributed by atoms with Crippen molar-refractivity contribution < 1.29 is 4.74 Å². The van der Waals surface area contributed by atoms with Gasteiger partial charge in [-0.05, 0) is 46.6 Å². The van der Waals surface area contributed by atoms with Gasteiger partial charge in [0.25, 0.3) is 0 Å². The van der Waals surface area contributed by atoms with Gasteiger partial charge < -0.3 is 4.74 Å². The number of hydrazine groups is 1. The van der Waals surface area contributed by atoms with Crippen LogP contribution in [0.15, 0.2) is 12.4 Å². The molecule has 2 rings (SSSR count). The Balaban J connectivity index is 2.29. The van der Waals surface area contributed by atoms with E-state index in [1.54, 1.807) is 0 Å². The first-order valence-corrected chi connectivity index (χ1v) is 6.70. The van der Waals surface area contributed by atoms with E-state index in [1.165, 1.54) is 0 Å². The summed E-state index contributed by atoms with van der Waals surface area (Å²) >= 11 is 0. The van der Waals surface area contributed by atoms with E-state index in [9.17, 15) is 0 Å². The van der Waals surface area contributed by atoms with Crippen LogP contribution in [0.3, 0.4) is 0 Å². The summed E-state index contributed by atoms with van der Waals surface area (Å²) in [5.74, 6) is 6.71. The predicted molar refractivity (Wildman–Crippen MR) is 74.2 cm³/mol. The van der Waals surface area contributed by atoms with Crippen molar-refractivity contribution in [3.05, 3.63) is 23.8 Å². The molecule has 1 aliphatic heterocycles. The maximum absolute atomic E-state index is 6.13. The second-order valence-electron chi connectivity index (χ2n) is 6.54. The molecule has 0 spiro atoms. The van der Waals surface area contributed by atoms with Crippen LogP contribution in [0, 0.1) is 12.8 Å². The van der Waals surface area contributed by atoms with E-state index in [4.69, 9.17) is 10.6 Å². The molecule has 5 heteroatoms. The van der Waals surface area contributed by atoms with Gasteiger partial charge in [-0.15, -0.1) is 0 Å². The van der Waals surface area contributed by atoms with Gasteiger partial charge in [0, 0.05) is 18.3 Å². The molecule has 1 saturated heterocycles. The Morgan fingerprint density at radius 1 is 1.32 bits per heavy atom. The Morgan fingerprint density at radius 2 is 1.89 bits per heavy atom. The molecule has 106 valence electrons. The van der Waals surface area contributed by atoms with Crippen LogP contribution >= 0.6 is 0 Å². The fourth-order valence-electron chi connectivity index (χ4n) is 3.06. The van der Waals surface area contributed by atoms with Crippen molar-refractivity contribution in [1.82, 2.24) is 15.4 Å². The fourth-order valence-corrected chi connectivity index (χ4v) is 3.06. The third-order valence-corrected chi connectivity index (χ3v) is 3.80. The highest BCUT2D eigenvalue weighted by Crippen LogP contribution is 2.46. The second-order valence-corrected chi connectivity index (χ2v) is 6.54. The number of rotatable bonds is 3. The summed E-state index contributed by atoms with van der Waals surface area (Å²) in [6.07, 6.45) is 4.56. The lowest BCUT2D eigenvalue weighted by atomic mass is 9.81. The largest absolute Gasteiger partial charge is 0.369 e. The molecule has 0 amide bonds. The first kappa shape index (κ1) is 14.4. The highest BCUT2D eigenvalue weighted by Gasteiger charge is 2.49. The van der Waals surface area contributed by atoms with E-state index in [2.05, 4.69) is 43.1 Å². The maximum atomic E-state index is 6.13. The minimum absolute atomic E-state index is 0.0997. The molecule has 1 aliphatic rings. The first-order valence-electron chi connectivity index (χ1n) is 6.70. The van der Waals surface area contributed by atoms with Crippen molar-refractivity contribution >= 4 is 0 Å². The number of nitrogens with one attached hydrogen (secondary N) is 1. The summed E-state index contributed by atoms with van der Waals surface area (Å²) in [6, 6.07) is -0.0997. The summed E-state index contributed by atoms with van der Waals surface area (Å²) in [5.41, 5.74) is 3.51. The van der Waals surface area contributed by atoms with Crippen LogP contribution in [-0.2, 0) is 4.74 Å². The van der Waals surface area contributed by atoms with Crippen LogP contribution in [0.2, 0.25) is 0 Å². The topological polar surface area (TPSA) is 73.1 Å². The van der Waals surface area contributed by atoms with Gasteiger partial charge in [0.1, 0.15) is 5.82 Å². The zero-order valence-electron chi connectivity index (χ0n) is 12.4. The number of nitrogens with two attached hydrogens (primary N) is 1. The second kappa shape index (κ2) is 4.81. The molecule has 1 fully saturated rings. The lowest BCUT2D eigenvalue weighted by Crippen LogP contribution is -2.42. The molecule has 1 aromatic rings. The number of hydrogen-bond donors (Lipinski definition) is 2. The Bertz CT molecular complexity index is 441. The molecule has 19 heavy (non-hydrogen) atoms. The van der Waals surface area contributed by atoms with Crippen LogP contribution in [0.5, 0.6) is 0 Å². The van der Waals surface area contributed by atoms with Gasteiger partial charge in [-0.25, -0.2) is 15.4 Å². The molecule has 3 N–H and O–H groups in total. The highest BCUT2D eigenvalue weighted by atomic mass is 16.5. The zero-order valence-corrected chi connectivity index (χ0v) is 12.4. The van der Waals surface area contributed by atoms with Crippen molar-refractivity contribution in [2.45, 2.75) is 58.3 Å². The van der Waals surface area contributed by atoms with Gasteiger partial charge >= 0.3 is 0 Å². The van der Waals surface area contributed by atoms with Crippen molar-refractivity contribution in [2.75, 3.05) is 0 Å². The van der Waals surface area contributed by atoms with Crippen molar-refractivity contribution in [3.8, 4) is 0 Å². The minimum atomic E-state index is -0.255. The zero-order chi connectivity index (χ0) is 14.3. The minimum Gasteiger partial charge on any atom is -0.369 e. The number of nitrogens with zero attached hydrogens (tertiary/aromatic N) is 2. The smallest absolute Gasteiger partial charge is 0.146 e. The Morgan fingerprint density at radius 3 is 2.32 bits per heavy atom. The molecular formula is C14H24N4O. The molecule has 2 unspecified atom stereocenters. The summed E-state index contributed by atoms with van der Waals surface area (Å²) in [7, 11) is 0.